The van der Waals surface area contributed by atoms with Crippen molar-refractivity contribution in [2.45, 2.75) is 6.54 Å². The van der Waals surface area contributed by atoms with E-state index in [-0.39, 0.29) is 0 Å². The van der Waals surface area contributed by atoms with Crippen LogP contribution in [0.25, 0.3) is 11.0 Å². The van der Waals surface area contributed by atoms with Crippen LogP contribution < -0.4 is 5.73 Å². The van der Waals surface area contributed by atoms with Gasteiger partial charge in [0.1, 0.15) is 0 Å². The molecule has 5 nitrogen and oxygen atoms in total. The average molecular weight is 329 g/mol. The zero-order valence-electron chi connectivity index (χ0n) is 10.6. The molecule has 0 saturated heterocycles. The molecule has 3 rings (SSSR count). The second kappa shape index (κ2) is 5.07. The van der Waals surface area contributed by atoms with Crippen LogP contribution in [0.1, 0.15) is 11.1 Å². The molecule has 2 heterocycles. The average Bonchev–Trinajstić information content (AvgIpc) is 2.81. The molecule has 0 bridgehead atoms. The van der Waals surface area contributed by atoms with Crippen molar-refractivity contribution in [3.05, 3.63) is 54.0 Å². The van der Waals surface area contributed by atoms with E-state index in [0.29, 0.717) is 17.0 Å². The van der Waals surface area contributed by atoms with Crippen molar-refractivity contribution in [3.8, 4) is 0 Å². The predicted molar refractivity (Wildman–Crippen MR) is 80.1 cm³/mol. The number of nitrogens with two attached hydrogens (primary N) is 1. The number of aromatic nitrogens is 3. The van der Waals surface area contributed by atoms with E-state index in [0.717, 1.165) is 16.6 Å². The SMILES string of the molecule is N=C([Se])c1cn(Cc2ccccc2)c2ncnc(N)c12. The summed E-state index contributed by atoms with van der Waals surface area (Å²) in [5.41, 5.74) is 8.57. The van der Waals surface area contributed by atoms with Crippen molar-refractivity contribution in [1.29, 1.82) is 5.41 Å². The molecule has 0 atom stereocenters. The Morgan fingerprint density at radius 2 is 2.00 bits per heavy atom. The molecular weight excluding hydrogens is 317 g/mol. The molecule has 99 valence electrons. The molecule has 0 spiro atoms. The molecule has 0 saturated carbocycles. The summed E-state index contributed by atoms with van der Waals surface area (Å²) in [4.78, 5) is 8.32. The first-order valence-electron chi connectivity index (χ1n) is 6.06. The van der Waals surface area contributed by atoms with Gasteiger partial charge < -0.3 is 0 Å². The van der Waals surface area contributed by atoms with Crippen LogP contribution in [-0.2, 0) is 6.54 Å². The third-order valence-electron chi connectivity index (χ3n) is 3.12. The van der Waals surface area contributed by atoms with Crippen molar-refractivity contribution in [2.24, 2.45) is 0 Å². The van der Waals surface area contributed by atoms with E-state index in [1.165, 1.54) is 11.9 Å². The summed E-state index contributed by atoms with van der Waals surface area (Å²) in [6, 6.07) is 10.1. The van der Waals surface area contributed by atoms with Gasteiger partial charge in [-0.25, -0.2) is 0 Å². The van der Waals surface area contributed by atoms with E-state index >= 15 is 0 Å². The van der Waals surface area contributed by atoms with E-state index in [1.807, 2.05) is 29.0 Å². The molecule has 0 aliphatic rings. The number of anilines is 1. The third kappa shape index (κ3) is 2.19. The van der Waals surface area contributed by atoms with E-state index < -0.39 is 0 Å². The predicted octanol–water partition coefficient (Wildman–Crippen LogP) is 1.56. The summed E-state index contributed by atoms with van der Waals surface area (Å²) in [7, 11) is 0. The fourth-order valence-electron chi connectivity index (χ4n) is 2.22. The Labute approximate surface area is 124 Å². The van der Waals surface area contributed by atoms with Crippen LogP contribution in [0.4, 0.5) is 5.82 Å². The Kier molecular flexibility index (Phi) is 3.26. The molecule has 0 amide bonds. The monoisotopic (exact) mass is 330 g/mol. The number of hydrogen-bond acceptors (Lipinski definition) is 4. The van der Waals surface area contributed by atoms with Gasteiger partial charge >= 0.3 is 124 Å². The van der Waals surface area contributed by atoms with Gasteiger partial charge in [-0.1, -0.05) is 0 Å². The molecule has 3 aromatic rings. The van der Waals surface area contributed by atoms with E-state index in [2.05, 4.69) is 38.1 Å². The van der Waals surface area contributed by atoms with E-state index in [9.17, 15) is 0 Å². The second-order valence-electron chi connectivity index (χ2n) is 4.44. The molecule has 2 aromatic heterocycles. The molecule has 20 heavy (non-hydrogen) atoms. The molecule has 1 aromatic carbocycles. The third-order valence-corrected chi connectivity index (χ3v) is 3.58. The minimum absolute atomic E-state index is 0.336. The number of benzene rings is 1. The number of nitrogen functional groups attached to an aromatic ring is 1. The van der Waals surface area contributed by atoms with Gasteiger partial charge in [-0.05, 0) is 0 Å². The topological polar surface area (TPSA) is 80.6 Å². The van der Waals surface area contributed by atoms with Crippen LogP contribution in [0.2, 0.25) is 0 Å². The van der Waals surface area contributed by atoms with Crippen LogP contribution in [-0.4, -0.2) is 35.2 Å². The fraction of sp³-hybridized carbons (Fsp3) is 0.0714. The van der Waals surface area contributed by atoms with Crippen molar-refractivity contribution in [3.63, 3.8) is 0 Å². The molecule has 3 N–H and O–H groups in total. The number of fused-ring (bicyclic) bond motifs is 1. The van der Waals surface area contributed by atoms with Gasteiger partial charge in [-0.15, -0.1) is 0 Å². The molecule has 1 radical (unpaired) electrons. The number of nitrogens with zero attached hydrogens (tertiary/aromatic N) is 3. The van der Waals surface area contributed by atoms with E-state index in [1.54, 1.807) is 0 Å². The number of nitrogens with one attached hydrogen (secondary N) is 1. The number of rotatable bonds is 3. The first-order chi connectivity index (χ1) is 9.66. The summed E-state index contributed by atoms with van der Waals surface area (Å²) in [6.45, 7) is 0.682. The van der Waals surface area contributed by atoms with Gasteiger partial charge in [0.25, 0.3) is 0 Å². The quantitative estimate of drug-likeness (QED) is 0.565. The van der Waals surface area contributed by atoms with Gasteiger partial charge in [0.2, 0.25) is 0 Å². The number of hydrogen-bond donors (Lipinski definition) is 2. The standard InChI is InChI=1S/C14H12N5Se/c15-12-11-10(13(16)20)7-19(14(11)18-8-17-12)6-9-4-2-1-3-5-9/h1-5,7-8,16H,6H2,(H2,15,17,18). The molecule has 0 fully saturated rings. The Hall–Kier alpha value is -2.17. The zero-order chi connectivity index (χ0) is 14.1. The molecule has 6 heteroatoms. The maximum absolute atomic E-state index is 7.83. The van der Waals surface area contributed by atoms with Crippen molar-refractivity contribution >= 4 is 37.5 Å². The van der Waals surface area contributed by atoms with Crippen molar-refractivity contribution in [1.82, 2.24) is 14.5 Å². The first-order valence-corrected chi connectivity index (χ1v) is 6.91. The van der Waals surface area contributed by atoms with Crippen molar-refractivity contribution < 1.29 is 0 Å². The molecular formula is C14H12N5Se. The van der Waals surface area contributed by atoms with Crippen LogP contribution >= 0.6 is 0 Å². The summed E-state index contributed by atoms with van der Waals surface area (Å²) in [5, 5.41) is 8.56. The minimum atomic E-state index is 0.336. The van der Waals surface area contributed by atoms with Gasteiger partial charge in [0, 0.05) is 0 Å². The van der Waals surface area contributed by atoms with Crippen LogP contribution in [0.3, 0.4) is 0 Å². The summed E-state index contributed by atoms with van der Waals surface area (Å²) < 4.78 is 2.33. The van der Waals surface area contributed by atoms with Crippen LogP contribution in [0.5, 0.6) is 0 Å². The zero-order valence-corrected chi connectivity index (χ0v) is 12.3. The molecule has 0 aliphatic heterocycles. The second-order valence-corrected chi connectivity index (χ2v) is 5.30. The van der Waals surface area contributed by atoms with Gasteiger partial charge in [0.05, 0.1) is 0 Å². The van der Waals surface area contributed by atoms with Crippen LogP contribution in [0, 0.1) is 5.41 Å². The Bertz CT molecular complexity index is 779. The molecule has 0 aliphatic carbocycles. The van der Waals surface area contributed by atoms with Gasteiger partial charge in [0.15, 0.2) is 0 Å². The Morgan fingerprint density at radius 1 is 1.25 bits per heavy atom. The Morgan fingerprint density at radius 3 is 2.70 bits per heavy atom. The molecule has 0 unspecified atom stereocenters. The summed E-state index contributed by atoms with van der Waals surface area (Å²) in [5.74, 6) is 0.400. The normalized spacial score (nSPS) is 10.8. The van der Waals surface area contributed by atoms with Crippen molar-refractivity contribution in [2.75, 3.05) is 5.73 Å². The fourth-order valence-corrected chi connectivity index (χ4v) is 2.54. The summed E-state index contributed by atoms with van der Waals surface area (Å²) in [6.07, 6.45) is 3.34. The summed E-state index contributed by atoms with van der Waals surface area (Å²) >= 11 is 2.71. The Balaban J connectivity index is 2.17. The van der Waals surface area contributed by atoms with E-state index in [4.69, 9.17) is 11.1 Å². The van der Waals surface area contributed by atoms with Gasteiger partial charge in [-0.3, -0.25) is 0 Å². The maximum atomic E-state index is 7.83. The van der Waals surface area contributed by atoms with Gasteiger partial charge in [-0.2, -0.15) is 0 Å². The first kappa shape index (κ1) is 12.8. The van der Waals surface area contributed by atoms with Crippen LogP contribution in [0.15, 0.2) is 42.9 Å².